The van der Waals surface area contributed by atoms with Crippen molar-refractivity contribution >= 4 is 11.9 Å². The Morgan fingerprint density at radius 2 is 1.65 bits per heavy atom. The number of aliphatic carboxylic acids is 2. The summed E-state index contributed by atoms with van der Waals surface area (Å²) >= 11 is 0. The van der Waals surface area contributed by atoms with Gasteiger partial charge in [-0.05, 0) is 18.3 Å². The summed E-state index contributed by atoms with van der Waals surface area (Å²) in [5.41, 5.74) is -2.22. The van der Waals surface area contributed by atoms with E-state index in [1.165, 1.54) is 0 Å². The minimum absolute atomic E-state index is 0.217. The normalized spacial score (nSPS) is 46.1. The number of carboxylic acids is 2. The molecular weight excluding hydrogens is 220 g/mol. The van der Waals surface area contributed by atoms with E-state index in [1.807, 2.05) is 32.9 Å². The first-order chi connectivity index (χ1) is 7.60. The third-order valence-corrected chi connectivity index (χ3v) is 5.58. The lowest BCUT2D eigenvalue weighted by Crippen LogP contribution is -2.49. The van der Waals surface area contributed by atoms with Crippen molar-refractivity contribution in [2.75, 3.05) is 0 Å². The predicted molar refractivity (Wildman–Crippen MR) is 61.4 cm³/mol. The molecule has 1 fully saturated rings. The van der Waals surface area contributed by atoms with Crippen LogP contribution in [0.4, 0.5) is 0 Å². The van der Waals surface area contributed by atoms with Crippen molar-refractivity contribution in [1.29, 1.82) is 0 Å². The Labute approximate surface area is 100 Å². The molecule has 2 rings (SSSR count). The van der Waals surface area contributed by atoms with Crippen LogP contribution in [-0.4, -0.2) is 22.2 Å². The number of fused-ring (bicyclic) bond motifs is 2. The van der Waals surface area contributed by atoms with Crippen molar-refractivity contribution in [2.45, 2.75) is 27.7 Å². The van der Waals surface area contributed by atoms with Gasteiger partial charge in [0.25, 0.3) is 0 Å². The van der Waals surface area contributed by atoms with Crippen LogP contribution in [0, 0.1) is 28.1 Å². The molecule has 2 N–H and O–H groups in total. The van der Waals surface area contributed by atoms with E-state index in [9.17, 15) is 19.8 Å². The van der Waals surface area contributed by atoms with Gasteiger partial charge in [0.1, 0.15) is 0 Å². The summed E-state index contributed by atoms with van der Waals surface area (Å²) < 4.78 is 0. The van der Waals surface area contributed by atoms with Crippen molar-refractivity contribution in [2.24, 2.45) is 28.1 Å². The second kappa shape index (κ2) is 2.92. The fraction of sp³-hybridized carbons (Fsp3) is 0.692. The van der Waals surface area contributed by atoms with Gasteiger partial charge < -0.3 is 10.2 Å². The van der Waals surface area contributed by atoms with Crippen molar-refractivity contribution in [3.8, 4) is 0 Å². The molecule has 94 valence electrons. The number of allylic oxidation sites excluding steroid dienone is 2. The third-order valence-electron chi connectivity index (χ3n) is 5.58. The van der Waals surface area contributed by atoms with Gasteiger partial charge >= 0.3 is 11.9 Å². The summed E-state index contributed by atoms with van der Waals surface area (Å²) in [6.45, 7) is 7.35. The van der Waals surface area contributed by atoms with E-state index in [1.54, 1.807) is 6.92 Å². The number of carboxylic acid groups (broad SMARTS) is 2. The van der Waals surface area contributed by atoms with Gasteiger partial charge in [0, 0.05) is 5.41 Å². The number of hydrogen-bond donors (Lipinski definition) is 2. The molecule has 1 saturated carbocycles. The maximum Gasteiger partial charge on any atom is 0.311 e. The molecule has 2 aliphatic carbocycles. The Morgan fingerprint density at radius 3 is 2.00 bits per heavy atom. The Morgan fingerprint density at radius 1 is 1.12 bits per heavy atom. The van der Waals surface area contributed by atoms with Crippen LogP contribution in [0.15, 0.2) is 12.2 Å². The molecule has 17 heavy (non-hydrogen) atoms. The Bertz CT molecular complexity index is 437. The highest BCUT2D eigenvalue weighted by Crippen LogP contribution is 2.72. The van der Waals surface area contributed by atoms with E-state index in [-0.39, 0.29) is 11.3 Å². The van der Waals surface area contributed by atoms with Crippen molar-refractivity contribution < 1.29 is 19.8 Å². The number of carbonyl (C=O) groups is 2. The molecule has 4 atom stereocenters. The van der Waals surface area contributed by atoms with Gasteiger partial charge in [0.15, 0.2) is 0 Å². The van der Waals surface area contributed by atoms with Crippen LogP contribution in [0.25, 0.3) is 0 Å². The molecule has 0 spiro atoms. The molecule has 0 aromatic heterocycles. The highest BCUT2D eigenvalue weighted by atomic mass is 16.4. The van der Waals surface area contributed by atoms with Crippen LogP contribution in [0.2, 0.25) is 0 Å². The summed E-state index contributed by atoms with van der Waals surface area (Å²) in [6, 6.07) is 0. The fourth-order valence-electron chi connectivity index (χ4n) is 3.91. The molecule has 0 amide bonds. The summed E-state index contributed by atoms with van der Waals surface area (Å²) in [4.78, 5) is 23.1. The molecule has 0 radical (unpaired) electrons. The molecule has 0 aliphatic heterocycles. The second-order valence-electron chi connectivity index (χ2n) is 6.13. The minimum atomic E-state index is -1.25. The maximum absolute atomic E-state index is 11.6. The van der Waals surface area contributed by atoms with Crippen molar-refractivity contribution in [1.82, 2.24) is 0 Å². The molecule has 0 aromatic carbocycles. The standard InChI is InChI=1S/C13H18O4/c1-11(2)7-5-6-12(11,3)13(4,10(16)17)8(7)9(14)15/h5-8H,1-4H3,(H,14,15)(H,16,17). The molecule has 0 saturated heterocycles. The first-order valence-corrected chi connectivity index (χ1v) is 5.76. The van der Waals surface area contributed by atoms with Crippen LogP contribution in [0.5, 0.6) is 0 Å². The fourth-order valence-corrected chi connectivity index (χ4v) is 3.91. The average Bonchev–Trinajstić information content (AvgIpc) is 2.48. The SMILES string of the molecule is CC1(C)C2C=CC1(C)C(C)(C(=O)O)C2C(=O)O. The van der Waals surface area contributed by atoms with E-state index in [2.05, 4.69) is 0 Å². The molecule has 4 heteroatoms. The van der Waals surface area contributed by atoms with Gasteiger partial charge in [-0.25, -0.2) is 0 Å². The average molecular weight is 238 g/mol. The second-order valence-corrected chi connectivity index (χ2v) is 6.13. The molecule has 2 bridgehead atoms. The number of hydrogen-bond acceptors (Lipinski definition) is 2. The van der Waals surface area contributed by atoms with E-state index in [0.717, 1.165) is 0 Å². The summed E-state index contributed by atoms with van der Waals surface area (Å²) in [5, 5.41) is 18.9. The zero-order valence-corrected chi connectivity index (χ0v) is 10.5. The quantitative estimate of drug-likeness (QED) is 0.722. The lowest BCUT2D eigenvalue weighted by molar-refractivity contribution is -0.166. The summed E-state index contributed by atoms with van der Waals surface area (Å²) in [7, 11) is 0. The summed E-state index contributed by atoms with van der Waals surface area (Å²) in [5.74, 6) is -3.11. The van der Waals surface area contributed by atoms with E-state index in [0.29, 0.717) is 0 Å². The van der Waals surface area contributed by atoms with E-state index in [4.69, 9.17) is 0 Å². The maximum atomic E-state index is 11.6. The monoisotopic (exact) mass is 238 g/mol. The third kappa shape index (κ3) is 0.996. The highest BCUT2D eigenvalue weighted by Gasteiger charge is 2.74. The van der Waals surface area contributed by atoms with Gasteiger partial charge in [-0.3, -0.25) is 9.59 Å². The number of rotatable bonds is 2. The van der Waals surface area contributed by atoms with Crippen LogP contribution >= 0.6 is 0 Å². The first kappa shape index (κ1) is 12.1. The van der Waals surface area contributed by atoms with Gasteiger partial charge in [-0.15, -0.1) is 0 Å². The zero-order valence-electron chi connectivity index (χ0n) is 10.5. The summed E-state index contributed by atoms with van der Waals surface area (Å²) in [6.07, 6.45) is 3.77. The molecule has 0 heterocycles. The Kier molecular flexibility index (Phi) is 2.09. The first-order valence-electron chi connectivity index (χ1n) is 5.76. The lowest BCUT2D eigenvalue weighted by atomic mass is 9.58. The van der Waals surface area contributed by atoms with Gasteiger partial charge in [-0.2, -0.15) is 0 Å². The van der Waals surface area contributed by atoms with Crippen LogP contribution < -0.4 is 0 Å². The topological polar surface area (TPSA) is 74.6 Å². The van der Waals surface area contributed by atoms with Crippen LogP contribution in [-0.2, 0) is 9.59 Å². The molecular formula is C13H18O4. The highest BCUT2D eigenvalue weighted by molar-refractivity contribution is 5.87. The van der Waals surface area contributed by atoms with Crippen LogP contribution in [0.3, 0.4) is 0 Å². The molecule has 2 aliphatic rings. The minimum Gasteiger partial charge on any atom is -0.481 e. The molecule has 4 nitrogen and oxygen atoms in total. The van der Waals surface area contributed by atoms with Crippen LogP contribution in [0.1, 0.15) is 27.7 Å². The van der Waals surface area contributed by atoms with Gasteiger partial charge in [0.05, 0.1) is 11.3 Å². The smallest absolute Gasteiger partial charge is 0.311 e. The Hall–Kier alpha value is -1.32. The Balaban J connectivity index is 2.70. The molecule has 0 aromatic rings. The van der Waals surface area contributed by atoms with Crippen molar-refractivity contribution in [3.05, 3.63) is 12.2 Å². The molecule has 4 unspecified atom stereocenters. The largest absolute Gasteiger partial charge is 0.481 e. The van der Waals surface area contributed by atoms with E-state index < -0.39 is 28.7 Å². The van der Waals surface area contributed by atoms with Gasteiger partial charge in [0.2, 0.25) is 0 Å². The predicted octanol–water partition coefficient (Wildman–Crippen LogP) is 2.01. The lowest BCUT2D eigenvalue weighted by Gasteiger charge is -2.43. The van der Waals surface area contributed by atoms with Crippen molar-refractivity contribution in [3.63, 3.8) is 0 Å². The zero-order chi connectivity index (χ0) is 13.2. The van der Waals surface area contributed by atoms with Gasteiger partial charge in [-0.1, -0.05) is 32.9 Å². The van der Waals surface area contributed by atoms with E-state index >= 15 is 0 Å².